The van der Waals surface area contributed by atoms with Crippen LogP contribution in [0.25, 0.3) is 0 Å². The molecule has 0 saturated heterocycles. The van der Waals surface area contributed by atoms with Crippen LogP contribution in [0.4, 0.5) is 0 Å². The van der Waals surface area contributed by atoms with Gasteiger partial charge in [0.15, 0.2) is 0 Å². The third kappa shape index (κ3) is 3.65. The Balaban J connectivity index is 2.02. The Hall–Kier alpha value is -1.72. The lowest BCUT2D eigenvalue weighted by Gasteiger charge is -2.05. The van der Waals surface area contributed by atoms with Gasteiger partial charge in [0.1, 0.15) is 11.9 Å². The number of hydrogen-bond acceptors (Lipinski definition) is 5. The molecule has 1 heterocycles. The molecule has 1 aromatic carbocycles. The fraction of sp³-hybridized carbons (Fsp3) is 0.250. The quantitative estimate of drug-likeness (QED) is 0.831. The highest BCUT2D eigenvalue weighted by Gasteiger charge is 2.01. The maximum atomic E-state index is 5.61. The monoisotopic (exact) mass is 265 g/mol. The number of halogens is 1. The minimum absolute atomic E-state index is 0.0595. The van der Waals surface area contributed by atoms with Crippen LogP contribution in [-0.4, -0.2) is 28.9 Å². The van der Waals surface area contributed by atoms with E-state index in [-0.39, 0.29) is 5.28 Å². The van der Waals surface area contributed by atoms with E-state index in [1.807, 2.05) is 24.3 Å². The van der Waals surface area contributed by atoms with Crippen molar-refractivity contribution in [2.24, 2.45) is 0 Å². The van der Waals surface area contributed by atoms with Gasteiger partial charge in [0.05, 0.1) is 6.61 Å². The summed E-state index contributed by atoms with van der Waals surface area (Å²) in [6.07, 6.45) is 2.28. The highest BCUT2D eigenvalue weighted by atomic mass is 35.5. The molecule has 1 aromatic heterocycles. The van der Waals surface area contributed by atoms with E-state index in [2.05, 4.69) is 15.2 Å². The van der Waals surface area contributed by atoms with E-state index < -0.39 is 0 Å². The predicted octanol–water partition coefficient (Wildman–Crippen LogP) is 2.51. The number of hydrogen-bond donors (Lipinski definition) is 0. The van der Waals surface area contributed by atoms with Gasteiger partial charge in [0, 0.05) is 7.11 Å². The van der Waals surface area contributed by atoms with Gasteiger partial charge >= 0.3 is 0 Å². The largest absolute Gasteiger partial charge is 0.437 e. The first-order valence-electron chi connectivity index (χ1n) is 5.39. The molecule has 94 valence electrons. The van der Waals surface area contributed by atoms with Crippen molar-refractivity contribution in [1.29, 1.82) is 0 Å². The maximum Gasteiger partial charge on any atom is 0.246 e. The Morgan fingerprint density at radius 1 is 1.22 bits per heavy atom. The molecular weight excluding hydrogens is 254 g/mol. The molecule has 0 N–H and O–H groups in total. The summed E-state index contributed by atoms with van der Waals surface area (Å²) in [6, 6.07) is 7.68. The molecule has 0 spiro atoms. The summed E-state index contributed by atoms with van der Waals surface area (Å²) < 4.78 is 10.5. The van der Waals surface area contributed by atoms with Crippen molar-refractivity contribution in [1.82, 2.24) is 15.2 Å². The molecule has 2 rings (SSSR count). The van der Waals surface area contributed by atoms with Gasteiger partial charge in [-0.3, -0.25) is 0 Å². The van der Waals surface area contributed by atoms with Gasteiger partial charge in [-0.05, 0) is 35.7 Å². The smallest absolute Gasteiger partial charge is 0.246 e. The van der Waals surface area contributed by atoms with Gasteiger partial charge in [0.2, 0.25) is 11.2 Å². The number of aromatic nitrogens is 3. The minimum Gasteiger partial charge on any atom is -0.437 e. The fourth-order valence-electron chi connectivity index (χ4n) is 1.38. The van der Waals surface area contributed by atoms with E-state index in [4.69, 9.17) is 21.1 Å². The standard InChI is InChI=1S/C12H12ClN3O2/c1-17-7-6-9-2-4-10(5-3-9)18-11-8-14-16-12(13)15-11/h2-5,8H,6-7H2,1H3. The van der Waals surface area contributed by atoms with E-state index in [0.29, 0.717) is 18.2 Å². The Kier molecular flexibility index (Phi) is 4.44. The van der Waals surface area contributed by atoms with Gasteiger partial charge in [0.25, 0.3) is 0 Å². The number of benzene rings is 1. The van der Waals surface area contributed by atoms with Crippen LogP contribution in [0.1, 0.15) is 5.56 Å². The first kappa shape index (κ1) is 12.7. The third-order valence-corrected chi connectivity index (χ3v) is 2.41. The van der Waals surface area contributed by atoms with Crippen molar-refractivity contribution in [3.05, 3.63) is 41.3 Å². The van der Waals surface area contributed by atoms with Crippen molar-refractivity contribution in [3.8, 4) is 11.6 Å². The normalized spacial score (nSPS) is 10.3. The van der Waals surface area contributed by atoms with E-state index in [0.717, 1.165) is 6.42 Å². The lowest BCUT2D eigenvalue weighted by molar-refractivity contribution is 0.202. The van der Waals surface area contributed by atoms with Crippen LogP contribution >= 0.6 is 11.6 Å². The molecule has 0 radical (unpaired) electrons. The van der Waals surface area contributed by atoms with Crippen LogP contribution in [0.2, 0.25) is 5.28 Å². The SMILES string of the molecule is COCCc1ccc(Oc2cnnc(Cl)n2)cc1. The first-order chi connectivity index (χ1) is 8.78. The summed E-state index contributed by atoms with van der Waals surface area (Å²) >= 11 is 5.61. The Morgan fingerprint density at radius 2 is 2.00 bits per heavy atom. The van der Waals surface area contributed by atoms with Crippen LogP contribution in [-0.2, 0) is 11.2 Å². The minimum atomic E-state index is 0.0595. The molecule has 0 fully saturated rings. The molecule has 2 aromatic rings. The van der Waals surface area contributed by atoms with Crippen molar-refractivity contribution >= 4 is 11.6 Å². The van der Waals surface area contributed by atoms with Gasteiger partial charge < -0.3 is 9.47 Å². The van der Waals surface area contributed by atoms with Crippen molar-refractivity contribution in [2.75, 3.05) is 13.7 Å². The summed E-state index contributed by atoms with van der Waals surface area (Å²) in [4.78, 5) is 3.89. The van der Waals surface area contributed by atoms with Crippen LogP contribution in [0.3, 0.4) is 0 Å². The molecule has 6 heteroatoms. The van der Waals surface area contributed by atoms with Crippen LogP contribution < -0.4 is 4.74 Å². The molecule has 0 aliphatic carbocycles. The zero-order valence-electron chi connectivity index (χ0n) is 9.84. The zero-order chi connectivity index (χ0) is 12.8. The average molecular weight is 266 g/mol. The average Bonchev–Trinajstić information content (AvgIpc) is 2.38. The van der Waals surface area contributed by atoms with Crippen molar-refractivity contribution in [2.45, 2.75) is 6.42 Å². The highest BCUT2D eigenvalue weighted by molar-refractivity contribution is 6.28. The van der Waals surface area contributed by atoms with Gasteiger partial charge in [-0.1, -0.05) is 12.1 Å². The van der Waals surface area contributed by atoms with Gasteiger partial charge in [-0.2, -0.15) is 10.1 Å². The third-order valence-electron chi connectivity index (χ3n) is 2.25. The summed E-state index contributed by atoms with van der Waals surface area (Å²) in [5.74, 6) is 0.993. The molecule has 0 aliphatic rings. The van der Waals surface area contributed by atoms with Crippen LogP contribution in [0, 0.1) is 0 Å². The zero-order valence-corrected chi connectivity index (χ0v) is 10.6. The summed E-state index contributed by atoms with van der Waals surface area (Å²) in [5.41, 5.74) is 1.18. The Labute approximate surface area is 110 Å². The van der Waals surface area contributed by atoms with E-state index in [9.17, 15) is 0 Å². The molecule has 0 aliphatic heterocycles. The summed E-state index contributed by atoms with van der Waals surface area (Å²) in [6.45, 7) is 0.700. The molecule has 5 nitrogen and oxygen atoms in total. The van der Waals surface area contributed by atoms with E-state index in [1.165, 1.54) is 11.8 Å². The van der Waals surface area contributed by atoms with E-state index in [1.54, 1.807) is 7.11 Å². The number of ether oxygens (including phenoxy) is 2. The molecule has 0 atom stereocenters. The molecule has 0 saturated carbocycles. The molecule has 0 amide bonds. The second kappa shape index (κ2) is 6.28. The molecule has 0 bridgehead atoms. The molecular formula is C12H12ClN3O2. The topological polar surface area (TPSA) is 57.1 Å². The van der Waals surface area contributed by atoms with Gasteiger partial charge in [-0.15, -0.1) is 5.10 Å². The maximum absolute atomic E-state index is 5.61. The summed E-state index contributed by atoms with van der Waals surface area (Å²) in [7, 11) is 1.68. The second-order valence-electron chi connectivity index (χ2n) is 3.55. The number of methoxy groups -OCH3 is 1. The first-order valence-corrected chi connectivity index (χ1v) is 5.76. The van der Waals surface area contributed by atoms with E-state index >= 15 is 0 Å². The van der Waals surface area contributed by atoms with Crippen LogP contribution in [0.15, 0.2) is 30.5 Å². The number of nitrogens with zero attached hydrogens (tertiary/aromatic N) is 3. The Bertz CT molecular complexity index is 505. The highest BCUT2D eigenvalue weighted by Crippen LogP contribution is 2.19. The predicted molar refractivity (Wildman–Crippen MR) is 66.9 cm³/mol. The van der Waals surface area contributed by atoms with Gasteiger partial charge in [-0.25, -0.2) is 0 Å². The lowest BCUT2D eigenvalue weighted by atomic mass is 10.1. The lowest BCUT2D eigenvalue weighted by Crippen LogP contribution is -1.95. The Morgan fingerprint density at radius 3 is 2.67 bits per heavy atom. The van der Waals surface area contributed by atoms with Crippen molar-refractivity contribution in [3.63, 3.8) is 0 Å². The second-order valence-corrected chi connectivity index (χ2v) is 3.89. The van der Waals surface area contributed by atoms with Crippen molar-refractivity contribution < 1.29 is 9.47 Å². The summed E-state index contributed by atoms with van der Waals surface area (Å²) in [5, 5.41) is 7.25. The van der Waals surface area contributed by atoms with Crippen LogP contribution in [0.5, 0.6) is 11.6 Å². The molecule has 0 unspecified atom stereocenters. The fourth-order valence-corrected chi connectivity index (χ4v) is 1.51. The number of rotatable bonds is 5. The molecule has 18 heavy (non-hydrogen) atoms.